The standard InChI is InChI=1S/C17H21N7O2/c1-23-14(11-25)20-21-17(23)13-3-2-8-24(9-13)10-15-19-16(22-26-15)12-4-6-18-7-5-12/h4-7,13,25H,2-3,8-11H2,1H3/t13-/m0/s1. The molecule has 1 fully saturated rings. The van der Waals surface area contributed by atoms with Crippen LogP contribution in [0.1, 0.15) is 36.3 Å². The molecular formula is C17H21N7O2. The first kappa shape index (κ1) is 16.8. The summed E-state index contributed by atoms with van der Waals surface area (Å²) in [7, 11) is 1.90. The topological polar surface area (TPSA) is 106 Å². The molecule has 9 heteroatoms. The smallest absolute Gasteiger partial charge is 0.241 e. The Balaban J connectivity index is 1.44. The molecule has 1 atom stereocenters. The van der Waals surface area contributed by atoms with E-state index in [4.69, 9.17) is 4.52 Å². The molecule has 26 heavy (non-hydrogen) atoms. The average molecular weight is 355 g/mol. The minimum absolute atomic E-state index is 0.0975. The van der Waals surface area contributed by atoms with E-state index in [1.54, 1.807) is 12.4 Å². The van der Waals surface area contributed by atoms with Crippen molar-refractivity contribution in [3.8, 4) is 11.4 Å². The van der Waals surface area contributed by atoms with Crippen LogP contribution in [0, 0.1) is 0 Å². The van der Waals surface area contributed by atoms with Crippen LogP contribution in [0.3, 0.4) is 0 Å². The molecule has 9 nitrogen and oxygen atoms in total. The van der Waals surface area contributed by atoms with Crippen molar-refractivity contribution in [3.63, 3.8) is 0 Å². The molecule has 0 bridgehead atoms. The van der Waals surface area contributed by atoms with Gasteiger partial charge in [-0.25, -0.2) is 0 Å². The van der Waals surface area contributed by atoms with Crippen molar-refractivity contribution >= 4 is 0 Å². The molecule has 1 saturated heterocycles. The van der Waals surface area contributed by atoms with Gasteiger partial charge in [0.1, 0.15) is 12.4 Å². The lowest BCUT2D eigenvalue weighted by atomic mass is 9.97. The third kappa shape index (κ3) is 3.35. The predicted molar refractivity (Wildman–Crippen MR) is 91.7 cm³/mol. The summed E-state index contributed by atoms with van der Waals surface area (Å²) in [6.45, 7) is 2.34. The highest BCUT2D eigenvalue weighted by atomic mass is 16.5. The summed E-state index contributed by atoms with van der Waals surface area (Å²) in [6.07, 6.45) is 5.54. The maximum atomic E-state index is 9.31. The maximum absolute atomic E-state index is 9.31. The monoisotopic (exact) mass is 355 g/mol. The van der Waals surface area contributed by atoms with Gasteiger partial charge in [-0.3, -0.25) is 9.88 Å². The second-order valence-electron chi connectivity index (χ2n) is 6.51. The third-order valence-electron chi connectivity index (χ3n) is 4.78. The Kier molecular flexibility index (Phi) is 4.72. The first-order chi connectivity index (χ1) is 12.7. The van der Waals surface area contributed by atoms with Crippen molar-refractivity contribution < 1.29 is 9.63 Å². The fraction of sp³-hybridized carbons (Fsp3) is 0.471. The van der Waals surface area contributed by atoms with Crippen LogP contribution in [0.15, 0.2) is 29.0 Å². The predicted octanol–water partition coefficient (Wildman–Crippen LogP) is 1.13. The Morgan fingerprint density at radius 1 is 1.27 bits per heavy atom. The van der Waals surface area contributed by atoms with Crippen LogP contribution in [0.2, 0.25) is 0 Å². The van der Waals surface area contributed by atoms with Crippen molar-refractivity contribution in [2.24, 2.45) is 7.05 Å². The van der Waals surface area contributed by atoms with Gasteiger partial charge in [0.05, 0.1) is 6.54 Å². The summed E-state index contributed by atoms with van der Waals surface area (Å²) in [5.41, 5.74) is 0.891. The van der Waals surface area contributed by atoms with Crippen LogP contribution >= 0.6 is 0 Å². The number of nitrogens with zero attached hydrogens (tertiary/aromatic N) is 7. The second-order valence-corrected chi connectivity index (χ2v) is 6.51. The largest absolute Gasteiger partial charge is 0.388 e. The number of piperidine rings is 1. The van der Waals surface area contributed by atoms with E-state index in [0.717, 1.165) is 37.3 Å². The molecule has 1 N–H and O–H groups in total. The van der Waals surface area contributed by atoms with Gasteiger partial charge >= 0.3 is 0 Å². The molecule has 0 saturated carbocycles. The highest BCUT2D eigenvalue weighted by Crippen LogP contribution is 2.27. The second kappa shape index (κ2) is 7.30. The van der Waals surface area contributed by atoms with Crippen molar-refractivity contribution in [1.29, 1.82) is 0 Å². The molecule has 1 aliphatic heterocycles. The van der Waals surface area contributed by atoms with Crippen LogP contribution in [-0.4, -0.2) is 53.0 Å². The van der Waals surface area contributed by atoms with Crippen LogP contribution in [0.25, 0.3) is 11.4 Å². The van der Waals surface area contributed by atoms with Gasteiger partial charge in [0, 0.05) is 37.5 Å². The molecular weight excluding hydrogens is 334 g/mol. The Morgan fingerprint density at radius 2 is 2.12 bits per heavy atom. The zero-order valence-corrected chi connectivity index (χ0v) is 14.6. The number of hydrogen-bond acceptors (Lipinski definition) is 8. The average Bonchev–Trinajstić information content (AvgIpc) is 3.29. The highest BCUT2D eigenvalue weighted by Gasteiger charge is 2.27. The van der Waals surface area contributed by atoms with E-state index in [-0.39, 0.29) is 12.5 Å². The van der Waals surface area contributed by atoms with Crippen molar-refractivity contribution in [2.45, 2.75) is 31.9 Å². The summed E-state index contributed by atoms with van der Waals surface area (Å²) < 4.78 is 7.31. The highest BCUT2D eigenvalue weighted by molar-refractivity contribution is 5.52. The molecule has 4 heterocycles. The molecule has 1 aliphatic rings. The number of aromatic nitrogens is 6. The number of aliphatic hydroxyl groups is 1. The summed E-state index contributed by atoms with van der Waals surface area (Å²) in [4.78, 5) is 10.8. The third-order valence-corrected chi connectivity index (χ3v) is 4.78. The van der Waals surface area contributed by atoms with E-state index in [9.17, 15) is 5.11 Å². The van der Waals surface area contributed by atoms with Gasteiger partial charge in [-0.05, 0) is 31.5 Å². The van der Waals surface area contributed by atoms with E-state index < -0.39 is 0 Å². The van der Waals surface area contributed by atoms with Crippen LogP contribution in [0.4, 0.5) is 0 Å². The molecule has 4 rings (SSSR count). The van der Waals surface area contributed by atoms with Gasteiger partial charge in [0.15, 0.2) is 5.82 Å². The van der Waals surface area contributed by atoms with Gasteiger partial charge in [0.2, 0.25) is 11.7 Å². The molecule has 0 radical (unpaired) electrons. The van der Waals surface area contributed by atoms with Gasteiger partial charge < -0.3 is 14.2 Å². The Labute approximate surface area is 150 Å². The van der Waals surface area contributed by atoms with E-state index in [1.165, 1.54) is 0 Å². The molecule has 0 aliphatic carbocycles. The summed E-state index contributed by atoms with van der Waals surface area (Å²) in [5.74, 6) is 2.98. The molecule has 136 valence electrons. The fourth-order valence-electron chi connectivity index (χ4n) is 3.41. The van der Waals surface area contributed by atoms with Gasteiger partial charge in [0.25, 0.3) is 0 Å². The van der Waals surface area contributed by atoms with Gasteiger partial charge in [-0.1, -0.05) is 5.16 Å². The Bertz CT molecular complexity index is 861. The first-order valence-corrected chi connectivity index (χ1v) is 8.69. The number of rotatable bonds is 5. The van der Waals surface area contributed by atoms with Crippen LogP contribution in [-0.2, 0) is 20.2 Å². The first-order valence-electron chi connectivity index (χ1n) is 8.69. The minimum atomic E-state index is -0.0975. The Morgan fingerprint density at radius 3 is 2.88 bits per heavy atom. The SMILES string of the molecule is Cn1c(CO)nnc1[C@H]1CCCN(Cc2nc(-c3ccncc3)no2)C1. The van der Waals surface area contributed by atoms with Crippen molar-refractivity contribution in [1.82, 2.24) is 34.8 Å². The number of likely N-dealkylation sites (tertiary alicyclic amines) is 1. The van der Waals surface area contributed by atoms with E-state index in [2.05, 4.69) is 30.2 Å². The van der Waals surface area contributed by atoms with E-state index in [0.29, 0.717) is 24.1 Å². The van der Waals surface area contributed by atoms with Crippen molar-refractivity contribution in [3.05, 3.63) is 42.1 Å². The zero-order valence-electron chi connectivity index (χ0n) is 14.6. The van der Waals surface area contributed by atoms with Gasteiger partial charge in [-0.2, -0.15) is 4.98 Å². The van der Waals surface area contributed by atoms with E-state index in [1.807, 2.05) is 23.7 Å². The lowest BCUT2D eigenvalue weighted by molar-refractivity contribution is 0.173. The zero-order chi connectivity index (χ0) is 17.9. The minimum Gasteiger partial charge on any atom is -0.388 e. The maximum Gasteiger partial charge on any atom is 0.241 e. The molecule has 0 amide bonds. The van der Waals surface area contributed by atoms with Crippen LogP contribution in [0.5, 0.6) is 0 Å². The summed E-state index contributed by atoms with van der Waals surface area (Å²) >= 11 is 0. The van der Waals surface area contributed by atoms with Crippen LogP contribution < -0.4 is 0 Å². The van der Waals surface area contributed by atoms with E-state index >= 15 is 0 Å². The summed E-state index contributed by atoms with van der Waals surface area (Å²) in [6, 6.07) is 3.72. The van der Waals surface area contributed by atoms with Crippen molar-refractivity contribution in [2.75, 3.05) is 13.1 Å². The number of pyridine rings is 1. The summed E-state index contributed by atoms with van der Waals surface area (Å²) in [5, 5.41) is 21.7. The lowest BCUT2D eigenvalue weighted by Crippen LogP contribution is -2.35. The fourth-order valence-corrected chi connectivity index (χ4v) is 3.41. The lowest BCUT2D eigenvalue weighted by Gasteiger charge is -2.31. The normalized spacial score (nSPS) is 18.3. The quantitative estimate of drug-likeness (QED) is 0.726. The molecule has 3 aromatic heterocycles. The van der Waals surface area contributed by atoms with Gasteiger partial charge in [-0.15, -0.1) is 10.2 Å². The molecule has 3 aromatic rings. The number of hydrogen-bond donors (Lipinski definition) is 1. The Hall–Kier alpha value is -2.65. The molecule has 0 unspecified atom stereocenters. The number of aliphatic hydroxyl groups excluding tert-OH is 1. The molecule has 0 spiro atoms. The molecule has 0 aromatic carbocycles.